The molecule has 1 N–H and O–H groups in total. The van der Waals surface area contributed by atoms with Crippen molar-refractivity contribution in [2.24, 2.45) is 0 Å². The summed E-state index contributed by atoms with van der Waals surface area (Å²) >= 11 is 0. The van der Waals surface area contributed by atoms with Gasteiger partial charge in [0.2, 0.25) is 0 Å². The van der Waals surface area contributed by atoms with Crippen molar-refractivity contribution in [2.75, 3.05) is 5.75 Å². The SMILES string of the molecule is Cc1ccc([S@](=O)CC2(O)C=CC(=O)C=C2)cc1. The number of hydrogen-bond donors (Lipinski definition) is 1. The van der Waals surface area contributed by atoms with Crippen molar-refractivity contribution < 1.29 is 14.1 Å². The third-order valence-electron chi connectivity index (χ3n) is 2.72. The molecule has 1 atom stereocenters. The molecule has 1 aromatic rings. The van der Waals surface area contributed by atoms with Crippen LogP contribution in [0.4, 0.5) is 0 Å². The van der Waals surface area contributed by atoms with E-state index in [0.717, 1.165) is 5.56 Å². The van der Waals surface area contributed by atoms with Gasteiger partial charge in [0, 0.05) is 4.90 Å². The molecule has 94 valence electrons. The predicted octanol–water partition coefficient (Wildman–Crippen LogP) is 1.53. The molecule has 18 heavy (non-hydrogen) atoms. The summed E-state index contributed by atoms with van der Waals surface area (Å²) in [6.45, 7) is 1.96. The summed E-state index contributed by atoms with van der Waals surface area (Å²) in [5, 5.41) is 10.2. The molecule has 1 aliphatic rings. The van der Waals surface area contributed by atoms with Gasteiger partial charge in [-0.2, -0.15) is 0 Å². The number of hydrogen-bond acceptors (Lipinski definition) is 3. The third kappa shape index (κ3) is 3.03. The number of allylic oxidation sites excluding steroid dienone is 2. The summed E-state index contributed by atoms with van der Waals surface area (Å²) < 4.78 is 12.1. The predicted molar refractivity (Wildman–Crippen MR) is 70.7 cm³/mol. The molecule has 0 aliphatic heterocycles. The Morgan fingerprint density at radius 3 is 2.28 bits per heavy atom. The Bertz CT molecular complexity index is 525. The summed E-state index contributed by atoms with van der Waals surface area (Å²) in [4.78, 5) is 11.7. The molecule has 2 rings (SSSR count). The first-order valence-corrected chi connectivity index (χ1v) is 6.90. The van der Waals surface area contributed by atoms with E-state index >= 15 is 0 Å². The Morgan fingerprint density at radius 1 is 1.17 bits per heavy atom. The van der Waals surface area contributed by atoms with Crippen LogP contribution in [-0.2, 0) is 15.6 Å². The van der Waals surface area contributed by atoms with Crippen LogP contribution in [-0.4, -0.2) is 26.5 Å². The smallest absolute Gasteiger partial charge is 0.178 e. The second-order valence-electron chi connectivity index (χ2n) is 4.36. The third-order valence-corrected chi connectivity index (χ3v) is 4.24. The molecule has 0 aromatic heterocycles. The number of aliphatic hydroxyl groups is 1. The summed E-state index contributed by atoms with van der Waals surface area (Å²) in [6.07, 6.45) is 5.38. The molecule has 0 spiro atoms. The zero-order chi connectivity index (χ0) is 13.2. The molecule has 0 fully saturated rings. The highest BCUT2D eigenvalue weighted by Gasteiger charge is 2.26. The molecule has 1 aliphatic carbocycles. The maximum Gasteiger partial charge on any atom is 0.178 e. The first kappa shape index (κ1) is 12.9. The van der Waals surface area contributed by atoms with Crippen LogP contribution >= 0.6 is 0 Å². The van der Waals surface area contributed by atoms with Crippen LogP contribution in [0.3, 0.4) is 0 Å². The zero-order valence-electron chi connectivity index (χ0n) is 10.00. The van der Waals surface area contributed by atoms with Gasteiger partial charge >= 0.3 is 0 Å². The number of ketones is 1. The van der Waals surface area contributed by atoms with Crippen molar-refractivity contribution in [3.8, 4) is 0 Å². The van der Waals surface area contributed by atoms with Gasteiger partial charge in [0.1, 0.15) is 5.60 Å². The van der Waals surface area contributed by atoms with Gasteiger partial charge in [-0.25, -0.2) is 0 Å². The van der Waals surface area contributed by atoms with Gasteiger partial charge in [-0.3, -0.25) is 9.00 Å². The lowest BCUT2D eigenvalue weighted by molar-refractivity contribution is -0.110. The summed E-state index contributed by atoms with van der Waals surface area (Å²) in [7, 11) is -1.30. The van der Waals surface area contributed by atoms with Gasteiger partial charge in [0.25, 0.3) is 0 Å². The molecule has 0 unspecified atom stereocenters. The molecule has 0 saturated carbocycles. The largest absolute Gasteiger partial charge is 0.381 e. The van der Waals surface area contributed by atoms with E-state index in [1.807, 2.05) is 19.1 Å². The Kier molecular flexibility index (Phi) is 3.59. The minimum absolute atomic E-state index is 0.0519. The van der Waals surface area contributed by atoms with Gasteiger partial charge in [-0.05, 0) is 43.4 Å². The van der Waals surface area contributed by atoms with Crippen molar-refractivity contribution in [1.29, 1.82) is 0 Å². The average Bonchev–Trinajstić information content (AvgIpc) is 2.34. The molecule has 0 amide bonds. The second kappa shape index (κ2) is 5.00. The highest BCUT2D eigenvalue weighted by atomic mass is 32.2. The summed E-state index contributed by atoms with van der Waals surface area (Å²) in [5.74, 6) is -0.114. The Balaban J connectivity index is 2.12. The number of rotatable bonds is 3. The average molecular weight is 262 g/mol. The lowest BCUT2D eigenvalue weighted by Gasteiger charge is -2.21. The second-order valence-corrected chi connectivity index (χ2v) is 5.81. The Morgan fingerprint density at radius 2 is 1.72 bits per heavy atom. The molecule has 3 nitrogen and oxygen atoms in total. The normalized spacial score (nSPS) is 18.9. The molecule has 0 saturated heterocycles. The van der Waals surface area contributed by atoms with Crippen LogP contribution in [0.15, 0.2) is 53.5 Å². The van der Waals surface area contributed by atoms with E-state index in [-0.39, 0.29) is 11.5 Å². The fraction of sp³-hybridized carbons (Fsp3) is 0.214. The molecule has 4 heteroatoms. The van der Waals surface area contributed by atoms with E-state index in [9.17, 15) is 14.1 Å². The highest BCUT2D eigenvalue weighted by molar-refractivity contribution is 7.85. The lowest BCUT2D eigenvalue weighted by atomic mass is 10.0. The van der Waals surface area contributed by atoms with E-state index in [1.54, 1.807) is 12.1 Å². The van der Waals surface area contributed by atoms with Crippen LogP contribution in [0.1, 0.15) is 5.56 Å². The monoisotopic (exact) mass is 262 g/mol. The van der Waals surface area contributed by atoms with Crippen molar-refractivity contribution in [3.05, 3.63) is 54.1 Å². The molecular weight excluding hydrogens is 248 g/mol. The number of benzene rings is 1. The van der Waals surface area contributed by atoms with Gasteiger partial charge in [-0.15, -0.1) is 0 Å². The number of carbonyl (C=O) groups is 1. The molecule has 0 heterocycles. The zero-order valence-corrected chi connectivity index (χ0v) is 10.8. The molecule has 0 radical (unpaired) electrons. The van der Waals surface area contributed by atoms with Gasteiger partial charge in [-0.1, -0.05) is 17.7 Å². The first-order chi connectivity index (χ1) is 8.48. The van der Waals surface area contributed by atoms with Crippen LogP contribution in [0.2, 0.25) is 0 Å². The van der Waals surface area contributed by atoms with Crippen LogP contribution < -0.4 is 0 Å². The maximum absolute atomic E-state index is 12.1. The molecular formula is C14H14O3S. The standard InChI is InChI=1S/C14H14O3S/c1-11-2-4-13(5-3-11)18(17)10-14(16)8-6-12(15)7-9-14/h2-9,16H,10H2,1H3/t18-/m1/s1. The lowest BCUT2D eigenvalue weighted by Crippen LogP contribution is -2.32. The minimum atomic E-state index is -1.30. The topological polar surface area (TPSA) is 54.4 Å². The number of aryl methyl sites for hydroxylation is 1. The molecule has 0 bridgehead atoms. The van der Waals surface area contributed by atoms with Gasteiger partial charge in [0.05, 0.1) is 16.6 Å². The van der Waals surface area contributed by atoms with Gasteiger partial charge in [0.15, 0.2) is 5.78 Å². The summed E-state index contributed by atoms with van der Waals surface area (Å²) in [6, 6.07) is 7.34. The van der Waals surface area contributed by atoms with Crippen molar-refractivity contribution in [1.82, 2.24) is 0 Å². The summed E-state index contributed by atoms with van der Waals surface area (Å²) in [5.41, 5.74) is -0.207. The van der Waals surface area contributed by atoms with E-state index in [2.05, 4.69) is 0 Å². The maximum atomic E-state index is 12.1. The first-order valence-electron chi connectivity index (χ1n) is 5.58. The molecule has 1 aromatic carbocycles. The van der Waals surface area contributed by atoms with E-state index < -0.39 is 16.4 Å². The van der Waals surface area contributed by atoms with Crippen LogP contribution in [0.5, 0.6) is 0 Å². The minimum Gasteiger partial charge on any atom is -0.381 e. The fourth-order valence-corrected chi connectivity index (χ4v) is 2.86. The van der Waals surface area contributed by atoms with Crippen molar-refractivity contribution in [2.45, 2.75) is 17.4 Å². The highest BCUT2D eigenvalue weighted by Crippen LogP contribution is 2.19. The number of carbonyl (C=O) groups excluding carboxylic acids is 1. The fourth-order valence-electron chi connectivity index (χ4n) is 1.64. The Hall–Kier alpha value is -1.52. The Labute approximate surface area is 108 Å². The van der Waals surface area contributed by atoms with Crippen LogP contribution in [0.25, 0.3) is 0 Å². The quantitative estimate of drug-likeness (QED) is 0.898. The van der Waals surface area contributed by atoms with Crippen molar-refractivity contribution in [3.63, 3.8) is 0 Å². The van der Waals surface area contributed by atoms with Crippen LogP contribution in [0, 0.1) is 6.92 Å². The van der Waals surface area contributed by atoms with Crippen molar-refractivity contribution >= 4 is 16.6 Å². The van der Waals surface area contributed by atoms with E-state index in [0.29, 0.717) is 4.90 Å². The van der Waals surface area contributed by atoms with E-state index in [4.69, 9.17) is 0 Å². The van der Waals surface area contributed by atoms with E-state index in [1.165, 1.54) is 24.3 Å². The van der Waals surface area contributed by atoms with Gasteiger partial charge < -0.3 is 5.11 Å².